The average Bonchev–Trinajstić information content (AvgIpc) is 3.12. The molecule has 0 spiro atoms. The Hall–Kier alpha value is -2.63. The molecule has 0 aliphatic rings. The molecule has 1 aromatic heterocycles. The number of benzene rings is 3. The van der Waals surface area contributed by atoms with Crippen molar-refractivity contribution in [1.82, 2.24) is 14.8 Å². The number of thioether (sulfide) groups is 1. The van der Waals surface area contributed by atoms with E-state index in [4.69, 9.17) is 11.6 Å². The first kappa shape index (κ1) is 18.7. The first-order chi connectivity index (χ1) is 13.6. The molecule has 6 heteroatoms. The Morgan fingerprint density at radius 3 is 2.39 bits per heavy atom. The van der Waals surface area contributed by atoms with Crippen molar-refractivity contribution in [2.24, 2.45) is 0 Å². The fraction of sp³-hybridized carbons (Fsp3) is 0.0909. The predicted octanol–water partition coefficient (Wildman–Crippen LogP) is 6.33. The van der Waals surface area contributed by atoms with Crippen LogP contribution >= 0.6 is 23.4 Å². The van der Waals surface area contributed by atoms with E-state index in [1.165, 1.54) is 17.8 Å². The van der Waals surface area contributed by atoms with Gasteiger partial charge in [0, 0.05) is 16.5 Å². The van der Waals surface area contributed by atoms with E-state index in [-0.39, 0.29) is 5.82 Å². The third-order valence-corrected chi connectivity index (χ3v) is 5.70. The summed E-state index contributed by atoms with van der Waals surface area (Å²) in [6, 6.07) is 22.3. The summed E-state index contributed by atoms with van der Waals surface area (Å²) in [5, 5.41) is 10.0. The van der Waals surface area contributed by atoms with Crippen LogP contribution in [0, 0.1) is 12.7 Å². The van der Waals surface area contributed by atoms with Crippen LogP contribution < -0.4 is 0 Å². The zero-order chi connectivity index (χ0) is 19.5. The zero-order valence-corrected chi connectivity index (χ0v) is 16.7. The fourth-order valence-corrected chi connectivity index (χ4v) is 4.10. The van der Waals surface area contributed by atoms with Gasteiger partial charge in [-0.15, -0.1) is 10.2 Å². The highest BCUT2D eigenvalue weighted by atomic mass is 35.5. The molecule has 0 saturated carbocycles. The minimum atomic E-state index is -0.328. The van der Waals surface area contributed by atoms with Gasteiger partial charge in [0.1, 0.15) is 5.82 Å². The molecule has 0 saturated heterocycles. The fourth-order valence-electron chi connectivity index (χ4n) is 2.86. The maximum atomic E-state index is 14.4. The van der Waals surface area contributed by atoms with Crippen molar-refractivity contribution in [3.05, 3.63) is 94.8 Å². The average molecular weight is 410 g/mol. The number of halogens is 2. The van der Waals surface area contributed by atoms with Crippen molar-refractivity contribution < 1.29 is 4.39 Å². The molecule has 140 valence electrons. The van der Waals surface area contributed by atoms with Gasteiger partial charge in [-0.05, 0) is 42.8 Å². The van der Waals surface area contributed by atoms with Crippen molar-refractivity contribution >= 4 is 23.4 Å². The Kier molecular flexibility index (Phi) is 5.46. The van der Waals surface area contributed by atoms with Gasteiger partial charge in [0.2, 0.25) is 0 Å². The van der Waals surface area contributed by atoms with E-state index in [0.29, 0.717) is 27.3 Å². The lowest BCUT2D eigenvalue weighted by atomic mass is 10.2. The standard InChI is InChI=1S/C22H17ClFN3S/c1-15-10-12-17(13-11-15)27-21(18-7-3-5-9-20(18)24)25-26-22(27)28-14-16-6-2-4-8-19(16)23/h2-13H,14H2,1H3. The summed E-state index contributed by atoms with van der Waals surface area (Å²) >= 11 is 7.80. The van der Waals surface area contributed by atoms with Crippen LogP contribution in [0.3, 0.4) is 0 Å². The van der Waals surface area contributed by atoms with Crippen LogP contribution in [-0.2, 0) is 5.75 Å². The molecular formula is C22H17ClFN3S. The Balaban J connectivity index is 1.77. The van der Waals surface area contributed by atoms with Crippen molar-refractivity contribution in [2.45, 2.75) is 17.8 Å². The van der Waals surface area contributed by atoms with Gasteiger partial charge < -0.3 is 0 Å². The van der Waals surface area contributed by atoms with E-state index in [1.54, 1.807) is 18.2 Å². The molecular weight excluding hydrogens is 393 g/mol. The van der Waals surface area contributed by atoms with Crippen molar-refractivity contribution in [3.8, 4) is 17.1 Å². The molecule has 0 atom stereocenters. The summed E-state index contributed by atoms with van der Waals surface area (Å²) < 4.78 is 16.3. The molecule has 0 N–H and O–H groups in total. The Bertz CT molecular complexity index is 1110. The molecule has 4 rings (SSSR count). The summed E-state index contributed by atoms with van der Waals surface area (Å²) in [5.41, 5.74) is 3.46. The van der Waals surface area contributed by atoms with Gasteiger partial charge in [0.15, 0.2) is 11.0 Å². The highest BCUT2D eigenvalue weighted by molar-refractivity contribution is 7.98. The molecule has 0 amide bonds. The maximum absolute atomic E-state index is 14.4. The Labute approximate surface area is 172 Å². The highest BCUT2D eigenvalue weighted by Gasteiger charge is 2.19. The maximum Gasteiger partial charge on any atom is 0.196 e. The quantitative estimate of drug-likeness (QED) is 0.361. The number of nitrogens with zero attached hydrogens (tertiary/aromatic N) is 3. The molecule has 0 bridgehead atoms. The summed E-state index contributed by atoms with van der Waals surface area (Å²) in [6.07, 6.45) is 0. The second-order valence-electron chi connectivity index (χ2n) is 6.34. The van der Waals surface area contributed by atoms with Gasteiger partial charge >= 0.3 is 0 Å². The van der Waals surface area contributed by atoms with E-state index in [1.807, 2.05) is 60.0 Å². The third-order valence-electron chi connectivity index (χ3n) is 4.35. The molecule has 3 nitrogen and oxygen atoms in total. The smallest absolute Gasteiger partial charge is 0.196 e. The van der Waals surface area contributed by atoms with Crippen LogP contribution in [0.25, 0.3) is 17.1 Å². The lowest BCUT2D eigenvalue weighted by molar-refractivity contribution is 0.629. The molecule has 28 heavy (non-hydrogen) atoms. The zero-order valence-electron chi connectivity index (χ0n) is 15.1. The highest BCUT2D eigenvalue weighted by Crippen LogP contribution is 2.32. The Morgan fingerprint density at radius 2 is 1.64 bits per heavy atom. The van der Waals surface area contributed by atoms with Gasteiger partial charge in [-0.3, -0.25) is 4.57 Å². The van der Waals surface area contributed by atoms with Gasteiger partial charge in [-0.2, -0.15) is 0 Å². The van der Waals surface area contributed by atoms with Crippen molar-refractivity contribution in [3.63, 3.8) is 0 Å². The number of rotatable bonds is 5. The number of aromatic nitrogens is 3. The van der Waals surface area contributed by atoms with E-state index in [9.17, 15) is 4.39 Å². The van der Waals surface area contributed by atoms with E-state index in [0.717, 1.165) is 16.8 Å². The van der Waals surface area contributed by atoms with Crippen molar-refractivity contribution in [1.29, 1.82) is 0 Å². The van der Waals surface area contributed by atoms with Gasteiger partial charge in [-0.25, -0.2) is 4.39 Å². The van der Waals surface area contributed by atoms with Crippen molar-refractivity contribution in [2.75, 3.05) is 0 Å². The third kappa shape index (κ3) is 3.81. The first-order valence-electron chi connectivity index (χ1n) is 8.77. The van der Waals surface area contributed by atoms with Crippen LogP contribution in [0.2, 0.25) is 5.02 Å². The summed E-state index contributed by atoms with van der Waals surface area (Å²) in [6.45, 7) is 2.03. The molecule has 1 heterocycles. The van der Waals surface area contributed by atoms with Gasteiger partial charge in [0.05, 0.1) is 5.56 Å². The summed E-state index contributed by atoms with van der Waals surface area (Å²) in [7, 11) is 0. The summed E-state index contributed by atoms with van der Waals surface area (Å²) in [5.74, 6) is 0.788. The number of aryl methyl sites for hydroxylation is 1. The van der Waals surface area contributed by atoms with Crippen LogP contribution in [0.15, 0.2) is 78.0 Å². The SMILES string of the molecule is Cc1ccc(-n2c(SCc3ccccc3Cl)nnc2-c2ccccc2F)cc1. The minimum Gasteiger partial charge on any atom is -0.270 e. The second kappa shape index (κ2) is 8.17. The second-order valence-corrected chi connectivity index (χ2v) is 7.69. The molecule has 0 unspecified atom stereocenters. The molecule has 0 radical (unpaired) electrons. The normalized spacial score (nSPS) is 11.0. The first-order valence-corrected chi connectivity index (χ1v) is 10.1. The van der Waals surface area contributed by atoms with Crippen LogP contribution in [0.4, 0.5) is 4.39 Å². The number of hydrogen-bond acceptors (Lipinski definition) is 3. The molecule has 4 aromatic rings. The number of hydrogen-bond donors (Lipinski definition) is 0. The molecule has 0 fully saturated rings. The minimum absolute atomic E-state index is 0.328. The largest absolute Gasteiger partial charge is 0.270 e. The van der Waals surface area contributed by atoms with Crippen LogP contribution in [0.1, 0.15) is 11.1 Å². The molecule has 3 aromatic carbocycles. The molecule has 0 aliphatic carbocycles. The monoisotopic (exact) mass is 409 g/mol. The summed E-state index contributed by atoms with van der Waals surface area (Å²) in [4.78, 5) is 0. The van der Waals surface area contributed by atoms with Crippen LogP contribution in [0.5, 0.6) is 0 Å². The Morgan fingerprint density at radius 1 is 0.929 bits per heavy atom. The van der Waals surface area contributed by atoms with Gasteiger partial charge in [0.25, 0.3) is 0 Å². The topological polar surface area (TPSA) is 30.7 Å². The van der Waals surface area contributed by atoms with E-state index >= 15 is 0 Å². The lowest BCUT2D eigenvalue weighted by Gasteiger charge is -2.11. The molecule has 0 aliphatic heterocycles. The van der Waals surface area contributed by atoms with E-state index in [2.05, 4.69) is 10.2 Å². The van der Waals surface area contributed by atoms with Gasteiger partial charge in [-0.1, -0.05) is 71.4 Å². The predicted molar refractivity (Wildman–Crippen MR) is 113 cm³/mol. The van der Waals surface area contributed by atoms with Crippen LogP contribution in [-0.4, -0.2) is 14.8 Å². The van der Waals surface area contributed by atoms with E-state index < -0.39 is 0 Å². The lowest BCUT2D eigenvalue weighted by Crippen LogP contribution is -2.01.